The lowest BCUT2D eigenvalue weighted by atomic mass is 10.0. The van der Waals surface area contributed by atoms with Gasteiger partial charge in [-0.25, -0.2) is 4.39 Å². The molecule has 0 unspecified atom stereocenters. The Morgan fingerprint density at radius 3 is 1.72 bits per heavy atom. The third-order valence-corrected chi connectivity index (χ3v) is 4.37. The van der Waals surface area contributed by atoms with Crippen molar-refractivity contribution < 1.29 is 4.39 Å². The third kappa shape index (κ3) is 10.7. The van der Waals surface area contributed by atoms with Crippen LogP contribution in [0.4, 0.5) is 4.39 Å². The van der Waals surface area contributed by atoms with Crippen molar-refractivity contribution in [3.05, 3.63) is 81.6 Å². The van der Waals surface area contributed by atoms with Gasteiger partial charge in [0.1, 0.15) is 5.82 Å². The molecule has 0 amide bonds. The van der Waals surface area contributed by atoms with Gasteiger partial charge in [-0.1, -0.05) is 102 Å². The molecule has 3 heteroatoms. The fraction of sp³-hybridized carbons (Fsp3) is 0.385. The van der Waals surface area contributed by atoms with Crippen LogP contribution in [-0.4, -0.2) is 0 Å². The molecule has 0 atom stereocenters. The SMILES string of the molecule is C.C.C/C(=C\C(C)C)c1ccc(Cl)cc1Cl.C/C(=C\C(C)C)c1ccccc1F. The molecule has 0 saturated heterocycles. The van der Waals surface area contributed by atoms with Gasteiger partial charge in [0, 0.05) is 15.6 Å². The summed E-state index contributed by atoms with van der Waals surface area (Å²) in [4.78, 5) is 0. The second-order valence-corrected chi connectivity index (χ2v) is 8.14. The Labute approximate surface area is 188 Å². The van der Waals surface area contributed by atoms with E-state index in [1.807, 2.05) is 31.2 Å². The first kappa shape index (κ1) is 29.6. The number of benzene rings is 2. The summed E-state index contributed by atoms with van der Waals surface area (Å²) in [6.45, 7) is 12.5. The van der Waals surface area contributed by atoms with Gasteiger partial charge < -0.3 is 0 Å². The van der Waals surface area contributed by atoms with Gasteiger partial charge in [0.2, 0.25) is 0 Å². The summed E-state index contributed by atoms with van der Waals surface area (Å²) in [5, 5.41) is 1.39. The van der Waals surface area contributed by atoms with E-state index >= 15 is 0 Å². The van der Waals surface area contributed by atoms with E-state index in [2.05, 4.69) is 46.8 Å². The molecule has 0 spiro atoms. The highest BCUT2D eigenvalue weighted by atomic mass is 35.5. The normalized spacial score (nSPS) is 11.4. The van der Waals surface area contributed by atoms with Gasteiger partial charge in [0.05, 0.1) is 0 Å². The highest BCUT2D eigenvalue weighted by Crippen LogP contribution is 2.27. The molecule has 2 aromatic carbocycles. The maximum absolute atomic E-state index is 13.2. The maximum Gasteiger partial charge on any atom is 0.130 e. The van der Waals surface area contributed by atoms with Crippen LogP contribution in [0, 0.1) is 17.7 Å². The molecule has 0 fully saturated rings. The van der Waals surface area contributed by atoms with Crippen LogP contribution in [0.3, 0.4) is 0 Å². The Morgan fingerprint density at radius 1 is 0.793 bits per heavy atom. The third-order valence-electron chi connectivity index (χ3n) is 3.82. The molecule has 0 aliphatic carbocycles. The summed E-state index contributed by atoms with van der Waals surface area (Å²) < 4.78 is 13.2. The van der Waals surface area contributed by atoms with Crippen molar-refractivity contribution in [1.82, 2.24) is 0 Å². The minimum Gasteiger partial charge on any atom is -0.206 e. The first-order valence-electron chi connectivity index (χ1n) is 9.19. The van der Waals surface area contributed by atoms with E-state index in [-0.39, 0.29) is 20.7 Å². The number of allylic oxidation sites excluding steroid dienone is 4. The van der Waals surface area contributed by atoms with Crippen LogP contribution in [0.25, 0.3) is 11.1 Å². The van der Waals surface area contributed by atoms with Crippen molar-refractivity contribution in [2.75, 3.05) is 0 Å². The number of hydrogen-bond acceptors (Lipinski definition) is 0. The lowest BCUT2D eigenvalue weighted by Gasteiger charge is -2.06. The van der Waals surface area contributed by atoms with Crippen LogP contribution < -0.4 is 0 Å². The summed E-state index contributed by atoms with van der Waals surface area (Å²) >= 11 is 11.9. The Kier molecular flexibility index (Phi) is 14.7. The van der Waals surface area contributed by atoms with Crippen LogP contribution in [0.2, 0.25) is 10.0 Å². The summed E-state index contributed by atoms with van der Waals surface area (Å²) in [6, 6.07) is 12.5. The van der Waals surface area contributed by atoms with Crippen LogP contribution >= 0.6 is 23.2 Å². The van der Waals surface area contributed by atoms with E-state index in [9.17, 15) is 4.39 Å². The Hall–Kier alpha value is -1.57. The maximum atomic E-state index is 13.2. The zero-order valence-electron chi connectivity index (χ0n) is 17.0. The second kappa shape index (κ2) is 14.4. The highest BCUT2D eigenvalue weighted by Gasteiger charge is 2.03. The van der Waals surface area contributed by atoms with Gasteiger partial charge in [0.15, 0.2) is 0 Å². The molecule has 0 nitrogen and oxygen atoms in total. The molecular weight excluding hydrogens is 402 g/mol. The van der Waals surface area contributed by atoms with Crippen molar-refractivity contribution in [2.24, 2.45) is 11.8 Å². The summed E-state index contributed by atoms with van der Waals surface area (Å²) in [5.74, 6) is 0.846. The summed E-state index contributed by atoms with van der Waals surface area (Å²) in [7, 11) is 0. The van der Waals surface area contributed by atoms with Crippen molar-refractivity contribution in [1.29, 1.82) is 0 Å². The van der Waals surface area contributed by atoms with Gasteiger partial charge in [-0.15, -0.1) is 0 Å². The predicted molar refractivity (Wildman–Crippen MR) is 133 cm³/mol. The zero-order valence-corrected chi connectivity index (χ0v) is 18.5. The molecule has 29 heavy (non-hydrogen) atoms. The molecule has 162 valence electrons. The molecule has 0 bridgehead atoms. The molecule has 0 radical (unpaired) electrons. The van der Waals surface area contributed by atoms with E-state index in [4.69, 9.17) is 23.2 Å². The van der Waals surface area contributed by atoms with Crippen molar-refractivity contribution >= 4 is 34.3 Å². The van der Waals surface area contributed by atoms with E-state index in [0.717, 1.165) is 11.1 Å². The van der Waals surface area contributed by atoms with Crippen LogP contribution in [-0.2, 0) is 0 Å². The van der Waals surface area contributed by atoms with E-state index in [0.29, 0.717) is 27.4 Å². The number of halogens is 3. The van der Waals surface area contributed by atoms with Gasteiger partial charge >= 0.3 is 0 Å². The van der Waals surface area contributed by atoms with Crippen molar-refractivity contribution in [2.45, 2.75) is 56.4 Å². The molecule has 2 aromatic rings. The van der Waals surface area contributed by atoms with E-state index in [1.54, 1.807) is 12.1 Å². The fourth-order valence-electron chi connectivity index (χ4n) is 2.77. The van der Waals surface area contributed by atoms with Crippen LogP contribution in [0.1, 0.15) is 67.5 Å². The van der Waals surface area contributed by atoms with E-state index in [1.165, 1.54) is 11.6 Å². The van der Waals surface area contributed by atoms with Crippen LogP contribution in [0.5, 0.6) is 0 Å². The van der Waals surface area contributed by atoms with Gasteiger partial charge in [-0.05, 0) is 60.6 Å². The van der Waals surface area contributed by atoms with Gasteiger partial charge in [0.25, 0.3) is 0 Å². The molecule has 0 aromatic heterocycles. The predicted octanol–water partition coefficient (Wildman–Crippen LogP) is 10.2. The monoisotopic (exact) mass is 438 g/mol. The molecular formula is C26H37Cl2F. The lowest BCUT2D eigenvalue weighted by molar-refractivity contribution is 0.623. The average molecular weight is 439 g/mol. The number of hydrogen-bond donors (Lipinski definition) is 0. The minimum absolute atomic E-state index is 0. The molecule has 0 aliphatic rings. The van der Waals surface area contributed by atoms with E-state index < -0.39 is 0 Å². The summed E-state index contributed by atoms with van der Waals surface area (Å²) in [6.07, 6.45) is 4.26. The molecule has 2 rings (SSSR count). The van der Waals surface area contributed by atoms with Gasteiger partial charge in [-0.2, -0.15) is 0 Å². The lowest BCUT2D eigenvalue weighted by Crippen LogP contribution is -1.88. The quantitative estimate of drug-likeness (QED) is 0.444. The Bertz CT molecular complexity index is 802. The summed E-state index contributed by atoms with van der Waals surface area (Å²) in [5.41, 5.74) is 3.97. The largest absolute Gasteiger partial charge is 0.206 e. The molecule has 0 heterocycles. The average Bonchev–Trinajstić information content (AvgIpc) is 2.54. The fourth-order valence-corrected chi connectivity index (χ4v) is 3.33. The van der Waals surface area contributed by atoms with Gasteiger partial charge in [-0.3, -0.25) is 0 Å². The van der Waals surface area contributed by atoms with Crippen molar-refractivity contribution in [3.8, 4) is 0 Å². The Morgan fingerprint density at radius 2 is 1.28 bits per heavy atom. The zero-order chi connectivity index (χ0) is 20.6. The smallest absolute Gasteiger partial charge is 0.130 e. The second-order valence-electron chi connectivity index (χ2n) is 7.29. The van der Waals surface area contributed by atoms with Crippen LogP contribution in [0.15, 0.2) is 54.6 Å². The van der Waals surface area contributed by atoms with Crippen molar-refractivity contribution in [3.63, 3.8) is 0 Å². The number of rotatable bonds is 4. The Balaban J connectivity index is 0. The molecule has 0 saturated carbocycles. The molecule has 0 aliphatic heterocycles. The topological polar surface area (TPSA) is 0 Å². The first-order valence-corrected chi connectivity index (χ1v) is 9.94. The molecule has 0 N–H and O–H groups in total. The first-order chi connectivity index (χ1) is 12.6. The highest BCUT2D eigenvalue weighted by molar-refractivity contribution is 6.35. The standard InChI is InChI=1S/C12H14Cl2.C12H15F.2CH4/c1-8(2)6-9(3)11-5-4-10(13)7-12(11)14;1-9(2)8-10(3)11-6-4-5-7-12(11)13;;/h4-8H,1-3H3;4-9H,1-3H3;2*1H4/b9-6+;10-8+;;. The minimum atomic E-state index is -0.142.